The van der Waals surface area contributed by atoms with Crippen molar-refractivity contribution in [2.45, 2.75) is 6.04 Å². The predicted molar refractivity (Wildman–Crippen MR) is 63.3 cm³/mol. The molecule has 2 rings (SSSR count). The molecule has 0 aliphatic rings. The molecular formula is C11H10BrF2N3. The van der Waals surface area contributed by atoms with Crippen LogP contribution in [-0.2, 0) is 7.05 Å². The van der Waals surface area contributed by atoms with E-state index in [-0.39, 0.29) is 5.56 Å². The van der Waals surface area contributed by atoms with Crippen LogP contribution in [0.1, 0.15) is 17.3 Å². The lowest BCUT2D eigenvalue weighted by Crippen LogP contribution is -2.16. The largest absolute Gasteiger partial charge is 0.319 e. The van der Waals surface area contributed by atoms with Gasteiger partial charge in [0.1, 0.15) is 11.6 Å². The highest BCUT2D eigenvalue weighted by molar-refractivity contribution is 9.10. The molecule has 0 radical (unpaired) electrons. The highest BCUT2D eigenvalue weighted by Gasteiger charge is 2.20. The Morgan fingerprint density at radius 1 is 1.35 bits per heavy atom. The first-order valence-corrected chi connectivity index (χ1v) is 5.68. The molecule has 0 aliphatic carbocycles. The zero-order valence-electron chi connectivity index (χ0n) is 8.99. The summed E-state index contributed by atoms with van der Waals surface area (Å²) in [5, 5.41) is 4.04. The van der Waals surface area contributed by atoms with E-state index >= 15 is 0 Å². The maximum Gasteiger partial charge on any atom is 0.132 e. The lowest BCUT2D eigenvalue weighted by atomic mass is 10.0. The van der Waals surface area contributed by atoms with Gasteiger partial charge in [-0.25, -0.2) is 8.78 Å². The molecule has 1 heterocycles. The molecule has 0 fully saturated rings. The second kappa shape index (κ2) is 4.54. The second-order valence-electron chi connectivity index (χ2n) is 3.68. The maximum atomic E-state index is 13.7. The highest BCUT2D eigenvalue weighted by atomic mass is 79.9. The van der Waals surface area contributed by atoms with Crippen molar-refractivity contribution in [2.75, 3.05) is 0 Å². The van der Waals surface area contributed by atoms with Crippen LogP contribution < -0.4 is 5.73 Å². The van der Waals surface area contributed by atoms with Gasteiger partial charge in [0.05, 0.1) is 11.7 Å². The summed E-state index contributed by atoms with van der Waals surface area (Å²) in [6, 6.07) is 3.08. The Labute approximate surface area is 105 Å². The Morgan fingerprint density at radius 3 is 2.41 bits per heavy atom. The van der Waals surface area contributed by atoms with Gasteiger partial charge in [0.2, 0.25) is 0 Å². The minimum absolute atomic E-state index is 0.174. The quantitative estimate of drug-likeness (QED) is 0.926. The van der Waals surface area contributed by atoms with Crippen LogP contribution in [-0.4, -0.2) is 9.78 Å². The van der Waals surface area contributed by atoms with Crippen molar-refractivity contribution in [1.29, 1.82) is 0 Å². The fraction of sp³-hybridized carbons (Fsp3) is 0.182. The Kier molecular flexibility index (Phi) is 3.26. The number of aryl methyl sites for hydroxylation is 1. The summed E-state index contributed by atoms with van der Waals surface area (Å²) >= 11 is 3.02. The van der Waals surface area contributed by atoms with Crippen LogP contribution >= 0.6 is 15.9 Å². The molecule has 2 N–H and O–H groups in total. The second-order valence-corrected chi connectivity index (χ2v) is 4.59. The first-order chi connectivity index (χ1) is 7.99. The molecule has 1 atom stereocenters. The zero-order valence-corrected chi connectivity index (χ0v) is 10.6. The van der Waals surface area contributed by atoms with Gasteiger partial charge >= 0.3 is 0 Å². The fourth-order valence-corrected chi connectivity index (χ4v) is 2.00. The van der Waals surface area contributed by atoms with Crippen LogP contribution in [0.2, 0.25) is 0 Å². The standard InChI is InChI=1S/C11H10BrF2N3/c1-17-3-2-9(16-17)11(15)10-7(13)4-6(12)5-8(10)14/h2-5,11H,15H2,1H3. The van der Waals surface area contributed by atoms with Crippen LogP contribution in [0.15, 0.2) is 28.9 Å². The van der Waals surface area contributed by atoms with E-state index in [0.717, 1.165) is 0 Å². The summed E-state index contributed by atoms with van der Waals surface area (Å²) in [4.78, 5) is 0. The van der Waals surface area contributed by atoms with Crippen LogP contribution in [0.3, 0.4) is 0 Å². The molecule has 1 aromatic heterocycles. The maximum absolute atomic E-state index is 13.7. The van der Waals surface area contributed by atoms with Gasteiger partial charge in [0, 0.05) is 23.3 Å². The lowest BCUT2D eigenvalue weighted by Gasteiger charge is -2.12. The predicted octanol–water partition coefficient (Wildman–Crippen LogP) is 2.51. The minimum atomic E-state index is -0.913. The van der Waals surface area contributed by atoms with Crippen LogP contribution in [0, 0.1) is 11.6 Å². The number of nitrogens with zero attached hydrogens (tertiary/aromatic N) is 2. The van der Waals surface area contributed by atoms with Gasteiger partial charge in [-0.15, -0.1) is 0 Å². The van der Waals surface area contributed by atoms with E-state index in [1.807, 2.05) is 0 Å². The van der Waals surface area contributed by atoms with E-state index in [0.29, 0.717) is 10.2 Å². The molecule has 0 amide bonds. The van der Waals surface area contributed by atoms with Gasteiger partial charge in [-0.1, -0.05) is 15.9 Å². The average molecular weight is 302 g/mol. The summed E-state index contributed by atoms with van der Waals surface area (Å²) in [7, 11) is 1.71. The third-order valence-corrected chi connectivity index (χ3v) is 2.87. The monoisotopic (exact) mass is 301 g/mol. The van der Waals surface area contributed by atoms with E-state index in [1.165, 1.54) is 16.8 Å². The van der Waals surface area contributed by atoms with E-state index in [1.54, 1.807) is 19.3 Å². The number of nitrogens with two attached hydrogens (primary N) is 1. The molecule has 1 unspecified atom stereocenters. The van der Waals surface area contributed by atoms with Crippen molar-refractivity contribution in [3.05, 3.63) is 51.8 Å². The third kappa shape index (κ3) is 2.37. The normalized spacial score (nSPS) is 12.8. The number of aromatic nitrogens is 2. The molecule has 0 saturated carbocycles. The Balaban J connectivity index is 2.47. The molecule has 3 nitrogen and oxygen atoms in total. The Bertz CT molecular complexity index is 530. The highest BCUT2D eigenvalue weighted by Crippen LogP contribution is 2.26. The molecule has 0 saturated heterocycles. The van der Waals surface area contributed by atoms with E-state index in [4.69, 9.17) is 5.73 Å². The lowest BCUT2D eigenvalue weighted by molar-refractivity contribution is 0.537. The van der Waals surface area contributed by atoms with Crippen molar-refractivity contribution in [2.24, 2.45) is 12.8 Å². The summed E-state index contributed by atoms with van der Waals surface area (Å²) in [6.45, 7) is 0. The van der Waals surface area contributed by atoms with Gasteiger partial charge in [-0.2, -0.15) is 5.10 Å². The Hall–Kier alpha value is -1.27. The minimum Gasteiger partial charge on any atom is -0.319 e. The number of halogens is 3. The number of hydrogen-bond donors (Lipinski definition) is 1. The molecule has 0 spiro atoms. The van der Waals surface area contributed by atoms with Crippen molar-refractivity contribution in [3.63, 3.8) is 0 Å². The molecule has 1 aromatic carbocycles. The van der Waals surface area contributed by atoms with E-state index < -0.39 is 17.7 Å². The first-order valence-electron chi connectivity index (χ1n) is 4.88. The van der Waals surface area contributed by atoms with E-state index in [2.05, 4.69) is 21.0 Å². The summed E-state index contributed by atoms with van der Waals surface area (Å²) < 4.78 is 29.2. The topological polar surface area (TPSA) is 43.8 Å². The van der Waals surface area contributed by atoms with Gasteiger partial charge in [0.25, 0.3) is 0 Å². The molecule has 0 bridgehead atoms. The third-order valence-electron chi connectivity index (χ3n) is 2.41. The van der Waals surface area contributed by atoms with Gasteiger partial charge in [-0.3, -0.25) is 4.68 Å². The molecular weight excluding hydrogens is 292 g/mol. The summed E-state index contributed by atoms with van der Waals surface area (Å²) in [5.74, 6) is -1.37. The van der Waals surface area contributed by atoms with Crippen LogP contribution in [0.4, 0.5) is 8.78 Å². The SMILES string of the molecule is Cn1ccc(C(N)c2c(F)cc(Br)cc2F)n1. The number of benzene rings is 1. The first kappa shape index (κ1) is 12.2. The summed E-state index contributed by atoms with van der Waals surface area (Å²) in [6.07, 6.45) is 1.67. The van der Waals surface area contributed by atoms with Gasteiger partial charge < -0.3 is 5.73 Å². The molecule has 2 aromatic rings. The zero-order chi connectivity index (χ0) is 12.6. The molecule has 6 heteroatoms. The molecule has 90 valence electrons. The number of rotatable bonds is 2. The smallest absolute Gasteiger partial charge is 0.132 e. The van der Waals surface area contributed by atoms with Crippen molar-refractivity contribution < 1.29 is 8.78 Å². The van der Waals surface area contributed by atoms with Crippen molar-refractivity contribution in [3.8, 4) is 0 Å². The van der Waals surface area contributed by atoms with E-state index in [9.17, 15) is 8.78 Å². The summed E-state index contributed by atoms with van der Waals surface area (Å²) in [5.41, 5.74) is 6.06. The van der Waals surface area contributed by atoms with Crippen molar-refractivity contribution in [1.82, 2.24) is 9.78 Å². The van der Waals surface area contributed by atoms with Crippen molar-refractivity contribution >= 4 is 15.9 Å². The fourth-order valence-electron chi connectivity index (χ4n) is 1.60. The Morgan fingerprint density at radius 2 is 1.94 bits per heavy atom. The molecule has 0 aliphatic heterocycles. The van der Waals surface area contributed by atoms with Crippen LogP contribution in [0.5, 0.6) is 0 Å². The number of hydrogen-bond acceptors (Lipinski definition) is 2. The van der Waals surface area contributed by atoms with Gasteiger partial charge in [0.15, 0.2) is 0 Å². The average Bonchev–Trinajstić information content (AvgIpc) is 2.63. The van der Waals surface area contributed by atoms with Crippen LogP contribution in [0.25, 0.3) is 0 Å². The molecule has 17 heavy (non-hydrogen) atoms. The van der Waals surface area contributed by atoms with Gasteiger partial charge in [-0.05, 0) is 18.2 Å².